The van der Waals surface area contributed by atoms with Crippen molar-refractivity contribution in [3.8, 4) is 5.75 Å². The molecule has 0 aromatic heterocycles. The van der Waals surface area contributed by atoms with Gasteiger partial charge in [0.2, 0.25) is 5.91 Å². The summed E-state index contributed by atoms with van der Waals surface area (Å²) >= 11 is 17.8. The van der Waals surface area contributed by atoms with Crippen LogP contribution < -0.4 is 21.2 Å². The van der Waals surface area contributed by atoms with Gasteiger partial charge in [0, 0.05) is 18.1 Å². The zero-order chi connectivity index (χ0) is 26.7. The van der Waals surface area contributed by atoms with E-state index in [4.69, 9.17) is 50.7 Å². The van der Waals surface area contributed by atoms with E-state index in [1.54, 1.807) is 42.5 Å². The fourth-order valence-electron chi connectivity index (χ4n) is 3.08. The van der Waals surface area contributed by atoms with Crippen LogP contribution in [0.4, 0.5) is 0 Å². The summed E-state index contributed by atoms with van der Waals surface area (Å²) in [6.07, 6.45) is -0.259. The number of nitrogens with two attached hydrogens (primary N) is 1. The van der Waals surface area contributed by atoms with E-state index in [1.165, 1.54) is 0 Å². The number of guanidine groups is 1. The highest BCUT2D eigenvalue weighted by Gasteiger charge is 2.30. The number of nitrogens with one attached hydrogen (secondary N) is 3. The van der Waals surface area contributed by atoms with Crippen molar-refractivity contribution in [1.82, 2.24) is 15.8 Å². The summed E-state index contributed by atoms with van der Waals surface area (Å²) in [7, 11) is 0. The van der Waals surface area contributed by atoms with Crippen molar-refractivity contribution in [1.29, 1.82) is 5.41 Å². The quantitative estimate of drug-likeness (QED) is 0.0777. The Hall–Kier alpha value is -3.05. The van der Waals surface area contributed by atoms with E-state index in [1.807, 2.05) is 0 Å². The Labute approximate surface area is 223 Å². The van der Waals surface area contributed by atoms with Crippen LogP contribution in [0.3, 0.4) is 0 Å². The number of benzene rings is 2. The van der Waals surface area contributed by atoms with Gasteiger partial charge >= 0.3 is 5.97 Å². The number of ketones is 1. The first-order valence-electron chi connectivity index (χ1n) is 10.8. The summed E-state index contributed by atoms with van der Waals surface area (Å²) in [6, 6.07) is 9.89. The van der Waals surface area contributed by atoms with Crippen LogP contribution in [0.25, 0.3) is 0 Å². The Balaban J connectivity index is 2.10. The number of hydrogen-bond acceptors (Lipinski definition) is 6. The molecule has 0 bridgehead atoms. The van der Waals surface area contributed by atoms with E-state index >= 15 is 0 Å². The highest BCUT2D eigenvalue weighted by Crippen LogP contribution is 2.22. The third-order valence-electron chi connectivity index (χ3n) is 4.83. The molecule has 0 unspecified atom stereocenters. The number of carboxylic acid groups (broad SMARTS) is 1. The Morgan fingerprint density at radius 3 is 2.39 bits per heavy atom. The molecule has 0 aliphatic heterocycles. The van der Waals surface area contributed by atoms with Gasteiger partial charge in [0.25, 0.3) is 0 Å². The van der Waals surface area contributed by atoms with Gasteiger partial charge in [-0.3, -0.25) is 20.0 Å². The van der Waals surface area contributed by atoms with Crippen LogP contribution in [-0.4, -0.2) is 52.9 Å². The zero-order valence-electron chi connectivity index (χ0n) is 19.1. The summed E-state index contributed by atoms with van der Waals surface area (Å²) in [5.41, 5.74) is 8.69. The molecule has 2 aromatic rings. The fourth-order valence-corrected chi connectivity index (χ4v) is 3.53. The molecule has 0 spiro atoms. The number of nitrogens with zero attached hydrogens (tertiary/aromatic N) is 1. The summed E-state index contributed by atoms with van der Waals surface area (Å²) in [5, 5.41) is 21.7. The fraction of sp³-hybridized carbons (Fsp3) is 0.304. The first-order valence-corrected chi connectivity index (χ1v) is 11.9. The van der Waals surface area contributed by atoms with Crippen molar-refractivity contribution in [3.05, 3.63) is 63.1 Å². The van der Waals surface area contributed by atoms with Crippen LogP contribution in [0.5, 0.6) is 5.75 Å². The zero-order valence-corrected chi connectivity index (χ0v) is 21.4. The molecule has 194 valence electrons. The Kier molecular flexibility index (Phi) is 11.7. The number of carbonyl (C=O) groups is 3. The summed E-state index contributed by atoms with van der Waals surface area (Å²) < 4.78 is 5.38. The van der Waals surface area contributed by atoms with E-state index in [9.17, 15) is 19.5 Å². The molecule has 0 saturated heterocycles. The molecule has 13 heteroatoms. The molecule has 6 N–H and O–H groups in total. The Bertz CT molecular complexity index is 1080. The number of amides is 1. The van der Waals surface area contributed by atoms with E-state index < -0.39 is 30.1 Å². The summed E-state index contributed by atoms with van der Waals surface area (Å²) in [5.74, 6) is -2.40. The van der Waals surface area contributed by atoms with Crippen LogP contribution in [-0.2, 0) is 20.9 Å². The maximum atomic E-state index is 13.0. The van der Waals surface area contributed by atoms with E-state index in [0.717, 1.165) is 5.01 Å². The van der Waals surface area contributed by atoms with Crippen molar-refractivity contribution >= 4 is 58.4 Å². The standard InChI is InChI=1S/C23H26Cl3N5O5/c24-15-4-6-17(7-5-15)36-13-16(32)11-21(33)31(20(22(34)35)2-1-9-29-23(27)28)30-12-14-3-8-18(25)19(26)10-14/h3-8,10,20,30H,1-2,9,11-13H2,(H,34,35)(H4,27,28,29)/t20-/m0/s1. The Morgan fingerprint density at radius 1 is 1.08 bits per heavy atom. The number of ether oxygens (including phenoxy) is 1. The molecule has 36 heavy (non-hydrogen) atoms. The summed E-state index contributed by atoms with van der Waals surface area (Å²) in [4.78, 5) is 37.5. The SMILES string of the molecule is N=C(N)NCCC[C@@H](C(=O)O)N(NCc1ccc(Cl)c(Cl)c1)C(=O)CC(=O)COc1ccc(Cl)cc1. The lowest BCUT2D eigenvalue weighted by atomic mass is 10.1. The molecule has 2 rings (SSSR count). The van der Waals surface area contributed by atoms with Gasteiger partial charge in [0.1, 0.15) is 18.4 Å². The largest absolute Gasteiger partial charge is 0.486 e. The average molecular weight is 559 g/mol. The number of aliphatic carboxylic acids is 1. The molecule has 0 heterocycles. The summed E-state index contributed by atoms with van der Waals surface area (Å²) in [6.45, 7) is -0.0936. The Morgan fingerprint density at radius 2 is 1.78 bits per heavy atom. The predicted molar refractivity (Wildman–Crippen MR) is 137 cm³/mol. The first-order chi connectivity index (χ1) is 17.1. The van der Waals surface area contributed by atoms with Crippen molar-refractivity contribution < 1.29 is 24.2 Å². The smallest absolute Gasteiger partial charge is 0.328 e. The molecule has 0 aliphatic rings. The molecule has 1 atom stereocenters. The number of hydrazine groups is 1. The number of rotatable bonds is 14. The van der Waals surface area contributed by atoms with E-state index in [2.05, 4.69) is 10.7 Å². The van der Waals surface area contributed by atoms with Crippen molar-refractivity contribution in [2.75, 3.05) is 13.2 Å². The third-order valence-corrected chi connectivity index (χ3v) is 5.83. The molecule has 1 amide bonds. The van der Waals surface area contributed by atoms with E-state index in [0.29, 0.717) is 32.8 Å². The number of halogens is 3. The topological polar surface area (TPSA) is 158 Å². The lowest BCUT2D eigenvalue weighted by Crippen LogP contribution is -2.53. The van der Waals surface area contributed by atoms with Crippen LogP contribution in [0.1, 0.15) is 24.8 Å². The molecule has 0 radical (unpaired) electrons. The normalized spacial score (nSPS) is 11.4. The van der Waals surface area contributed by atoms with Crippen LogP contribution in [0, 0.1) is 5.41 Å². The second-order valence-corrected chi connectivity index (χ2v) is 8.89. The van der Waals surface area contributed by atoms with E-state index in [-0.39, 0.29) is 32.1 Å². The minimum atomic E-state index is -1.29. The lowest BCUT2D eigenvalue weighted by Gasteiger charge is -2.29. The maximum absolute atomic E-state index is 13.0. The number of hydrogen-bond donors (Lipinski definition) is 5. The highest BCUT2D eigenvalue weighted by atomic mass is 35.5. The third kappa shape index (κ3) is 9.90. The second-order valence-electron chi connectivity index (χ2n) is 7.64. The maximum Gasteiger partial charge on any atom is 0.328 e. The monoisotopic (exact) mass is 557 g/mol. The number of carboxylic acids is 1. The van der Waals surface area contributed by atoms with Crippen molar-refractivity contribution in [3.63, 3.8) is 0 Å². The lowest BCUT2D eigenvalue weighted by molar-refractivity contribution is -0.155. The van der Waals surface area contributed by atoms with Gasteiger partial charge in [-0.05, 0) is 54.8 Å². The second kappa shape index (κ2) is 14.5. The number of Topliss-reactive ketones (excluding diaryl/α,β-unsaturated/α-hetero) is 1. The predicted octanol–water partition coefficient (Wildman–Crippen LogP) is 3.23. The molecule has 0 aliphatic carbocycles. The van der Waals surface area contributed by atoms with Gasteiger partial charge in [0.05, 0.1) is 16.5 Å². The van der Waals surface area contributed by atoms with Crippen molar-refractivity contribution in [2.45, 2.75) is 31.8 Å². The first kappa shape index (κ1) is 29.2. The minimum Gasteiger partial charge on any atom is -0.486 e. The van der Waals surface area contributed by atoms with Crippen LogP contribution in [0.2, 0.25) is 15.1 Å². The molecule has 0 saturated carbocycles. The van der Waals surface area contributed by atoms with Crippen molar-refractivity contribution in [2.24, 2.45) is 5.73 Å². The molecule has 0 fully saturated rings. The molecular formula is C23H26Cl3N5O5. The van der Waals surface area contributed by atoms with Crippen LogP contribution in [0.15, 0.2) is 42.5 Å². The highest BCUT2D eigenvalue weighted by molar-refractivity contribution is 6.42. The minimum absolute atomic E-state index is 0.0329. The molecule has 10 nitrogen and oxygen atoms in total. The molecular weight excluding hydrogens is 533 g/mol. The van der Waals surface area contributed by atoms with Gasteiger partial charge < -0.3 is 20.9 Å². The van der Waals surface area contributed by atoms with Crippen LogP contribution >= 0.6 is 34.8 Å². The van der Waals surface area contributed by atoms with Gasteiger partial charge in [-0.25, -0.2) is 10.2 Å². The molecule has 2 aromatic carbocycles. The average Bonchev–Trinajstić information content (AvgIpc) is 2.81. The van der Waals surface area contributed by atoms with Gasteiger partial charge in [-0.2, -0.15) is 0 Å². The number of carbonyl (C=O) groups excluding carboxylic acids is 2. The van der Waals surface area contributed by atoms with Gasteiger partial charge in [0.15, 0.2) is 11.7 Å². The van der Waals surface area contributed by atoms with Gasteiger partial charge in [-0.1, -0.05) is 40.9 Å². The van der Waals surface area contributed by atoms with Gasteiger partial charge in [-0.15, -0.1) is 0 Å².